The number of nitrogens with one attached hydrogen (secondary N) is 1. The Morgan fingerprint density at radius 1 is 1.38 bits per heavy atom. The van der Waals surface area contributed by atoms with Crippen molar-refractivity contribution in [1.82, 2.24) is 9.71 Å². The molecular weight excluding hydrogens is 309 g/mol. The van der Waals surface area contributed by atoms with Gasteiger partial charge in [0.2, 0.25) is 5.91 Å². The first-order chi connectivity index (χ1) is 9.56. The number of carbonyl (C=O) groups is 1. The van der Waals surface area contributed by atoms with Crippen LogP contribution >= 0.6 is 0 Å². The lowest BCUT2D eigenvalue weighted by molar-refractivity contribution is -0.137. The molecule has 0 aliphatic heterocycles. The zero-order valence-corrected chi connectivity index (χ0v) is 12.3. The summed E-state index contributed by atoms with van der Waals surface area (Å²) in [6.45, 7) is 3.63. The smallest absolute Gasteiger partial charge is 0.274 e. The summed E-state index contributed by atoms with van der Waals surface area (Å²) in [5.74, 6) is -0.716. The molecule has 9 heteroatoms. The summed E-state index contributed by atoms with van der Waals surface area (Å²) in [6, 6.07) is 1.31. The van der Waals surface area contributed by atoms with Crippen LogP contribution in [0.1, 0.15) is 32.3 Å². The van der Waals surface area contributed by atoms with Crippen LogP contribution in [0.3, 0.4) is 0 Å². The van der Waals surface area contributed by atoms with Gasteiger partial charge in [-0.05, 0) is 18.1 Å². The molecule has 1 amide bonds. The number of alkyl halides is 3. The molecule has 0 saturated heterocycles. The number of carbonyl (C=O) groups excluding carboxylic acids is 1. The van der Waals surface area contributed by atoms with Gasteiger partial charge in [-0.2, -0.15) is 21.6 Å². The van der Waals surface area contributed by atoms with Gasteiger partial charge in [-0.3, -0.25) is 4.79 Å². The predicted molar refractivity (Wildman–Crippen MR) is 68.6 cm³/mol. The summed E-state index contributed by atoms with van der Waals surface area (Å²) in [4.78, 5) is 14.8. The zero-order valence-electron chi connectivity index (χ0n) is 11.4. The lowest BCUT2D eigenvalue weighted by Gasteiger charge is -2.10. The summed E-state index contributed by atoms with van der Waals surface area (Å²) >= 11 is 0. The number of hydrogen-bond donors (Lipinski definition) is 1. The van der Waals surface area contributed by atoms with E-state index in [4.69, 9.17) is 0 Å². The third-order valence-electron chi connectivity index (χ3n) is 2.82. The Kier molecular flexibility index (Phi) is 5.32. The van der Waals surface area contributed by atoms with Gasteiger partial charge < -0.3 is 0 Å². The van der Waals surface area contributed by atoms with E-state index in [0.717, 1.165) is 0 Å². The summed E-state index contributed by atoms with van der Waals surface area (Å²) < 4.78 is 62.4. The summed E-state index contributed by atoms with van der Waals surface area (Å²) in [5.41, 5.74) is -1.06. The number of halogens is 3. The van der Waals surface area contributed by atoms with E-state index in [1.54, 1.807) is 11.6 Å². The maximum Gasteiger partial charge on any atom is 0.417 e. The molecule has 118 valence electrons. The van der Waals surface area contributed by atoms with E-state index in [0.29, 0.717) is 24.8 Å². The van der Waals surface area contributed by atoms with Crippen molar-refractivity contribution in [2.45, 2.75) is 37.9 Å². The van der Waals surface area contributed by atoms with Crippen LogP contribution in [-0.2, 0) is 21.0 Å². The number of aromatic nitrogens is 1. The van der Waals surface area contributed by atoms with Gasteiger partial charge in [-0.1, -0.05) is 20.3 Å². The van der Waals surface area contributed by atoms with E-state index in [1.165, 1.54) is 0 Å². The van der Waals surface area contributed by atoms with Crippen LogP contribution in [0, 0.1) is 5.92 Å². The number of pyridine rings is 1. The summed E-state index contributed by atoms with van der Waals surface area (Å²) in [5, 5.41) is -0.631. The molecule has 0 saturated carbocycles. The van der Waals surface area contributed by atoms with Gasteiger partial charge in [0.15, 0.2) is 5.03 Å². The molecule has 1 N–H and O–H groups in total. The molecule has 0 aliphatic carbocycles. The van der Waals surface area contributed by atoms with Crippen molar-refractivity contribution in [2.24, 2.45) is 5.92 Å². The quantitative estimate of drug-likeness (QED) is 0.902. The fraction of sp³-hybridized carbons (Fsp3) is 0.500. The highest BCUT2D eigenvalue weighted by Crippen LogP contribution is 2.28. The normalized spacial score (nSPS) is 13.8. The van der Waals surface area contributed by atoms with Crippen molar-refractivity contribution in [1.29, 1.82) is 0 Å². The minimum Gasteiger partial charge on any atom is -0.274 e. The fourth-order valence-electron chi connectivity index (χ4n) is 1.41. The van der Waals surface area contributed by atoms with Gasteiger partial charge in [-0.25, -0.2) is 9.71 Å². The Balaban J connectivity index is 2.86. The van der Waals surface area contributed by atoms with Gasteiger partial charge in [-0.15, -0.1) is 0 Å². The highest BCUT2D eigenvalue weighted by molar-refractivity contribution is 7.90. The fourth-order valence-corrected chi connectivity index (χ4v) is 2.34. The maximum absolute atomic E-state index is 12.3. The van der Waals surface area contributed by atoms with Crippen molar-refractivity contribution in [2.75, 3.05) is 0 Å². The largest absolute Gasteiger partial charge is 0.417 e. The van der Waals surface area contributed by atoms with Crippen LogP contribution in [0.2, 0.25) is 0 Å². The Morgan fingerprint density at radius 3 is 2.43 bits per heavy atom. The lowest BCUT2D eigenvalue weighted by Crippen LogP contribution is -2.32. The molecule has 1 rings (SSSR count). The number of nitrogens with zero attached hydrogens (tertiary/aromatic N) is 1. The SMILES string of the molecule is CC[C@H](C)CC(=O)NS(=O)(=O)c1ccc(C(F)(F)F)cn1. The van der Waals surface area contributed by atoms with E-state index in [2.05, 4.69) is 4.98 Å². The Labute approximate surface area is 120 Å². The first-order valence-corrected chi connectivity index (χ1v) is 7.63. The molecule has 5 nitrogen and oxygen atoms in total. The van der Waals surface area contributed by atoms with Crippen molar-refractivity contribution in [3.05, 3.63) is 23.9 Å². The lowest BCUT2D eigenvalue weighted by atomic mass is 10.1. The Morgan fingerprint density at radius 2 is 2.00 bits per heavy atom. The molecule has 0 aliphatic rings. The molecule has 1 heterocycles. The first-order valence-electron chi connectivity index (χ1n) is 6.15. The monoisotopic (exact) mass is 324 g/mol. The third kappa shape index (κ3) is 5.00. The van der Waals surface area contributed by atoms with Gasteiger partial charge >= 0.3 is 6.18 Å². The van der Waals surface area contributed by atoms with E-state index in [1.807, 2.05) is 6.92 Å². The second kappa shape index (κ2) is 6.42. The highest BCUT2D eigenvalue weighted by atomic mass is 32.2. The first kappa shape index (κ1) is 17.4. The van der Waals surface area contributed by atoms with Gasteiger partial charge in [0, 0.05) is 12.6 Å². The molecular formula is C12H15F3N2O3S. The van der Waals surface area contributed by atoms with Gasteiger partial charge in [0.1, 0.15) is 0 Å². The minimum absolute atomic E-state index is 0.000708. The molecule has 1 aromatic heterocycles. The third-order valence-corrected chi connectivity index (χ3v) is 4.11. The van der Waals surface area contributed by atoms with Crippen molar-refractivity contribution < 1.29 is 26.4 Å². The molecule has 0 spiro atoms. The molecule has 1 aromatic rings. The van der Waals surface area contributed by atoms with E-state index < -0.39 is 32.7 Å². The zero-order chi connectivity index (χ0) is 16.3. The number of rotatable bonds is 5. The molecule has 0 radical (unpaired) electrons. The average molecular weight is 324 g/mol. The Bertz CT molecular complexity index is 597. The van der Waals surface area contributed by atoms with Crippen molar-refractivity contribution in [3.63, 3.8) is 0 Å². The average Bonchev–Trinajstić information content (AvgIpc) is 2.37. The van der Waals surface area contributed by atoms with Crippen molar-refractivity contribution in [3.8, 4) is 0 Å². The van der Waals surface area contributed by atoms with Crippen LogP contribution in [0.25, 0.3) is 0 Å². The van der Waals surface area contributed by atoms with Crippen molar-refractivity contribution >= 4 is 15.9 Å². The van der Waals surface area contributed by atoms with E-state index in [-0.39, 0.29) is 12.3 Å². The highest BCUT2D eigenvalue weighted by Gasteiger charge is 2.31. The second-order valence-electron chi connectivity index (χ2n) is 4.63. The number of hydrogen-bond acceptors (Lipinski definition) is 4. The van der Waals surface area contributed by atoms with Crippen LogP contribution < -0.4 is 4.72 Å². The van der Waals surface area contributed by atoms with Gasteiger partial charge in [0.05, 0.1) is 5.56 Å². The van der Waals surface area contributed by atoms with Crippen LogP contribution in [0.15, 0.2) is 23.4 Å². The van der Waals surface area contributed by atoms with Gasteiger partial charge in [0.25, 0.3) is 10.0 Å². The van der Waals surface area contributed by atoms with Crippen LogP contribution in [-0.4, -0.2) is 19.3 Å². The predicted octanol–water partition coefficient (Wildman–Crippen LogP) is 2.34. The number of amides is 1. The topological polar surface area (TPSA) is 76.1 Å². The maximum atomic E-state index is 12.3. The Hall–Kier alpha value is -1.64. The summed E-state index contributed by atoms with van der Waals surface area (Å²) in [7, 11) is -4.25. The molecule has 0 bridgehead atoms. The molecule has 0 aromatic carbocycles. The van der Waals surface area contributed by atoms with E-state index in [9.17, 15) is 26.4 Å². The standard InChI is InChI=1S/C12H15F3N2O3S/c1-3-8(2)6-10(18)17-21(19,20)11-5-4-9(7-16-11)12(13,14)15/h4-5,7-8H,3,6H2,1-2H3,(H,17,18)/t8-/m0/s1. The number of sulfonamides is 1. The van der Waals surface area contributed by atoms with Crippen LogP contribution in [0.4, 0.5) is 13.2 Å². The molecule has 0 fully saturated rings. The second-order valence-corrected chi connectivity index (χ2v) is 6.26. The van der Waals surface area contributed by atoms with E-state index >= 15 is 0 Å². The molecule has 1 atom stereocenters. The molecule has 0 unspecified atom stereocenters. The molecule has 21 heavy (non-hydrogen) atoms. The summed E-state index contributed by atoms with van der Waals surface area (Å²) in [6.07, 6.45) is -3.48. The van der Waals surface area contributed by atoms with Crippen LogP contribution in [0.5, 0.6) is 0 Å². The minimum atomic E-state index is -4.60.